The molecular formula is C18H21N5OS. The van der Waals surface area contributed by atoms with E-state index in [1.165, 1.54) is 0 Å². The van der Waals surface area contributed by atoms with Gasteiger partial charge in [0.25, 0.3) is 0 Å². The van der Waals surface area contributed by atoms with Crippen molar-refractivity contribution >= 4 is 33.4 Å². The average Bonchev–Trinajstić information content (AvgIpc) is 3.31. The van der Waals surface area contributed by atoms with E-state index in [-0.39, 0.29) is 11.8 Å². The first-order chi connectivity index (χ1) is 12.3. The van der Waals surface area contributed by atoms with Gasteiger partial charge in [-0.2, -0.15) is 0 Å². The van der Waals surface area contributed by atoms with Gasteiger partial charge in [-0.15, -0.1) is 11.3 Å². The quantitative estimate of drug-likeness (QED) is 0.735. The van der Waals surface area contributed by atoms with Crippen LogP contribution in [-0.2, 0) is 4.79 Å². The Bertz CT molecular complexity index is 836. The molecule has 130 valence electrons. The SMILES string of the molecule is O=C(Nn1ccc2cccnc21)[C@H]1CC[C@H](CNc2nccs2)CC1. The Morgan fingerprint density at radius 1 is 1.20 bits per heavy atom. The van der Waals surface area contributed by atoms with Gasteiger partial charge in [0.2, 0.25) is 5.91 Å². The molecule has 0 aromatic carbocycles. The van der Waals surface area contributed by atoms with Gasteiger partial charge < -0.3 is 5.32 Å². The number of rotatable bonds is 5. The molecular weight excluding hydrogens is 334 g/mol. The van der Waals surface area contributed by atoms with Crippen molar-refractivity contribution in [1.82, 2.24) is 14.6 Å². The highest BCUT2D eigenvalue weighted by Gasteiger charge is 2.26. The Morgan fingerprint density at radius 2 is 2.08 bits per heavy atom. The molecule has 3 aromatic rings. The zero-order valence-electron chi connectivity index (χ0n) is 13.9. The average molecular weight is 355 g/mol. The van der Waals surface area contributed by atoms with E-state index in [4.69, 9.17) is 0 Å². The summed E-state index contributed by atoms with van der Waals surface area (Å²) in [4.78, 5) is 21.2. The Morgan fingerprint density at radius 3 is 2.88 bits per heavy atom. The molecule has 3 heterocycles. The zero-order chi connectivity index (χ0) is 17.1. The fraction of sp³-hybridized carbons (Fsp3) is 0.389. The third kappa shape index (κ3) is 3.66. The largest absolute Gasteiger partial charge is 0.361 e. The Hall–Kier alpha value is -2.41. The molecule has 0 aliphatic heterocycles. The second kappa shape index (κ2) is 7.23. The normalized spacial score (nSPS) is 20.5. The molecule has 6 nitrogen and oxygen atoms in total. The highest BCUT2D eigenvalue weighted by Crippen LogP contribution is 2.29. The van der Waals surface area contributed by atoms with Crippen molar-refractivity contribution in [3.8, 4) is 0 Å². The third-order valence-electron chi connectivity index (χ3n) is 4.87. The van der Waals surface area contributed by atoms with Crippen LogP contribution in [0.2, 0.25) is 0 Å². The maximum absolute atomic E-state index is 12.6. The lowest BCUT2D eigenvalue weighted by Crippen LogP contribution is -2.33. The van der Waals surface area contributed by atoms with E-state index in [0.717, 1.165) is 48.4 Å². The Kier molecular flexibility index (Phi) is 4.65. The summed E-state index contributed by atoms with van der Waals surface area (Å²) in [5.74, 6) is 0.786. The van der Waals surface area contributed by atoms with Crippen molar-refractivity contribution in [1.29, 1.82) is 0 Å². The van der Waals surface area contributed by atoms with Gasteiger partial charge in [0, 0.05) is 41.8 Å². The summed E-state index contributed by atoms with van der Waals surface area (Å²) >= 11 is 1.62. The molecule has 1 aliphatic rings. The maximum Gasteiger partial charge on any atom is 0.241 e. The van der Waals surface area contributed by atoms with Crippen LogP contribution in [0.5, 0.6) is 0 Å². The minimum absolute atomic E-state index is 0.0808. The summed E-state index contributed by atoms with van der Waals surface area (Å²) in [7, 11) is 0. The van der Waals surface area contributed by atoms with E-state index in [1.807, 2.05) is 36.0 Å². The van der Waals surface area contributed by atoms with Gasteiger partial charge >= 0.3 is 0 Å². The summed E-state index contributed by atoms with van der Waals surface area (Å²) in [6.07, 6.45) is 9.42. The van der Waals surface area contributed by atoms with Gasteiger partial charge in [-0.25, -0.2) is 14.6 Å². The molecule has 3 aromatic heterocycles. The van der Waals surface area contributed by atoms with Gasteiger partial charge in [-0.05, 0) is 49.8 Å². The van der Waals surface area contributed by atoms with Crippen LogP contribution in [-0.4, -0.2) is 27.1 Å². The zero-order valence-corrected chi connectivity index (χ0v) is 14.7. The summed E-state index contributed by atoms with van der Waals surface area (Å²) in [6.45, 7) is 0.939. The van der Waals surface area contributed by atoms with E-state index in [1.54, 1.807) is 22.2 Å². The van der Waals surface area contributed by atoms with Crippen molar-refractivity contribution < 1.29 is 4.79 Å². The van der Waals surface area contributed by atoms with Crippen LogP contribution in [0, 0.1) is 11.8 Å². The molecule has 0 spiro atoms. The molecule has 4 rings (SSSR count). The van der Waals surface area contributed by atoms with Crippen molar-refractivity contribution in [2.24, 2.45) is 11.8 Å². The highest BCUT2D eigenvalue weighted by atomic mass is 32.1. The summed E-state index contributed by atoms with van der Waals surface area (Å²) < 4.78 is 1.73. The number of nitrogens with zero attached hydrogens (tertiary/aromatic N) is 3. The first-order valence-electron chi connectivity index (χ1n) is 8.66. The number of hydrogen-bond acceptors (Lipinski definition) is 5. The topological polar surface area (TPSA) is 71.8 Å². The number of hydrogen-bond donors (Lipinski definition) is 2. The summed E-state index contributed by atoms with van der Waals surface area (Å²) in [6, 6.07) is 5.85. The van der Waals surface area contributed by atoms with E-state index >= 15 is 0 Å². The number of carbonyl (C=O) groups excluding carboxylic acids is 1. The van der Waals surface area contributed by atoms with Crippen molar-refractivity contribution in [2.45, 2.75) is 25.7 Å². The molecule has 0 atom stereocenters. The first-order valence-corrected chi connectivity index (χ1v) is 9.54. The molecule has 25 heavy (non-hydrogen) atoms. The van der Waals surface area contributed by atoms with Gasteiger partial charge in [0.15, 0.2) is 10.8 Å². The van der Waals surface area contributed by atoms with Gasteiger partial charge in [-0.3, -0.25) is 10.2 Å². The van der Waals surface area contributed by atoms with Gasteiger partial charge in [0.1, 0.15) is 0 Å². The smallest absolute Gasteiger partial charge is 0.241 e. The highest BCUT2D eigenvalue weighted by molar-refractivity contribution is 7.13. The molecule has 2 N–H and O–H groups in total. The summed E-state index contributed by atoms with van der Waals surface area (Å²) in [5, 5.41) is 7.37. The minimum Gasteiger partial charge on any atom is -0.361 e. The van der Waals surface area contributed by atoms with Crippen LogP contribution in [0.1, 0.15) is 25.7 Å². The number of pyridine rings is 1. The third-order valence-corrected chi connectivity index (χ3v) is 5.60. The second-order valence-corrected chi connectivity index (χ2v) is 7.41. The number of anilines is 1. The van der Waals surface area contributed by atoms with Crippen molar-refractivity contribution in [2.75, 3.05) is 17.3 Å². The minimum atomic E-state index is 0.0808. The molecule has 0 unspecified atom stereocenters. The van der Waals surface area contributed by atoms with Gasteiger partial charge in [-0.1, -0.05) is 0 Å². The van der Waals surface area contributed by atoms with Crippen LogP contribution in [0.4, 0.5) is 5.13 Å². The fourth-order valence-electron chi connectivity index (χ4n) is 3.44. The molecule has 1 aliphatic carbocycles. The lowest BCUT2D eigenvalue weighted by atomic mass is 9.81. The number of fused-ring (bicyclic) bond motifs is 1. The molecule has 7 heteroatoms. The molecule has 0 bridgehead atoms. The number of nitrogens with one attached hydrogen (secondary N) is 2. The number of aromatic nitrogens is 3. The van der Waals surface area contributed by atoms with Crippen molar-refractivity contribution in [3.05, 3.63) is 42.2 Å². The maximum atomic E-state index is 12.6. The number of amides is 1. The standard InChI is InChI=1S/C18H21N5OS/c24-17(22-23-10-7-14-2-1-8-19-16(14)23)15-5-3-13(4-6-15)12-21-18-20-9-11-25-18/h1-2,7-11,13,15H,3-6,12H2,(H,20,21)(H,22,24)/t13-,15-. The van der Waals surface area contributed by atoms with E-state index in [2.05, 4.69) is 20.7 Å². The molecule has 1 fully saturated rings. The molecule has 0 radical (unpaired) electrons. The summed E-state index contributed by atoms with van der Waals surface area (Å²) in [5.41, 5.74) is 3.78. The predicted molar refractivity (Wildman–Crippen MR) is 100 cm³/mol. The van der Waals surface area contributed by atoms with E-state index < -0.39 is 0 Å². The second-order valence-electron chi connectivity index (χ2n) is 6.51. The van der Waals surface area contributed by atoms with Crippen LogP contribution >= 0.6 is 11.3 Å². The molecule has 0 saturated heterocycles. The monoisotopic (exact) mass is 355 g/mol. The van der Waals surface area contributed by atoms with Crippen LogP contribution < -0.4 is 10.7 Å². The first kappa shape index (κ1) is 16.1. The fourth-order valence-corrected chi connectivity index (χ4v) is 3.98. The lowest BCUT2D eigenvalue weighted by molar-refractivity contribution is -0.121. The van der Waals surface area contributed by atoms with Crippen LogP contribution in [0.25, 0.3) is 11.0 Å². The molecule has 1 amide bonds. The number of thiazole rings is 1. The van der Waals surface area contributed by atoms with Crippen LogP contribution in [0.15, 0.2) is 42.2 Å². The van der Waals surface area contributed by atoms with Crippen molar-refractivity contribution in [3.63, 3.8) is 0 Å². The Balaban J connectivity index is 1.29. The van der Waals surface area contributed by atoms with E-state index in [0.29, 0.717) is 5.92 Å². The lowest BCUT2D eigenvalue weighted by Gasteiger charge is -2.28. The van der Waals surface area contributed by atoms with E-state index in [9.17, 15) is 4.79 Å². The predicted octanol–water partition coefficient (Wildman–Crippen LogP) is 3.48. The molecule has 1 saturated carbocycles. The van der Waals surface area contributed by atoms with Gasteiger partial charge in [0.05, 0.1) is 0 Å². The Labute approximate surface area is 150 Å². The van der Waals surface area contributed by atoms with Crippen LogP contribution in [0.3, 0.4) is 0 Å². The number of carbonyl (C=O) groups is 1.